The number of hydrogen-bond donors (Lipinski definition) is 2. The van der Waals surface area contributed by atoms with E-state index in [4.69, 9.17) is 16.7 Å². The van der Waals surface area contributed by atoms with E-state index in [0.717, 1.165) is 34.9 Å². The van der Waals surface area contributed by atoms with Gasteiger partial charge in [-0.25, -0.2) is 0 Å². The summed E-state index contributed by atoms with van der Waals surface area (Å²) in [6.07, 6.45) is 1.84. The Morgan fingerprint density at radius 2 is 2.05 bits per heavy atom. The van der Waals surface area contributed by atoms with Crippen LogP contribution in [0, 0.1) is 0 Å². The molecule has 0 atom stereocenters. The van der Waals surface area contributed by atoms with Crippen LogP contribution in [0.15, 0.2) is 30.5 Å². The lowest BCUT2D eigenvalue weighted by molar-refractivity contribution is 0.197. The van der Waals surface area contributed by atoms with Crippen molar-refractivity contribution in [1.29, 1.82) is 0 Å². The molecule has 2 rings (SSSR count). The topological polar surface area (TPSA) is 52.1 Å². The van der Waals surface area contributed by atoms with Gasteiger partial charge in [-0.1, -0.05) is 30.7 Å². The summed E-state index contributed by atoms with van der Waals surface area (Å²) in [6, 6.07) is 7.68. The minimum absolute atomic E-state index is 0.169. The van der Waals surface area contributed by atoms with Crippen LogP contribution in [0.4, 0.5) is 0 Å². The summed E-state index contributed by atoms with van der Waals surface area (Å²) in [4.78, 5) is 2.17. The number of aromatic amines is 1. The van der Waals surface area contributed by atoms with Crippen LogP contribution in [0.5, 0.6) is 0 Å². The summed E-state index contributed by atoms with van der Waals surface area (Å²) in [7, 11) is 0. The van der Waals surface area contributed by atoms with Crippen molar-refractivity contribution in [2.75, 3.05) is 19.7 Å². The predicted octanol–water partition coefficient (Wildman–Crippen LogP) is 2.54. The van der Waals surface area contributed by atoms with Crippen molar-refractivity contribution in [2.24, 2.45) is 0 Å². The fourth-order valence-electron chi connectivity index (χ4n) is 2.03. The van der Waals surface area contributed by atoms with E-state index in [2.05, 4.69) is 22.0 Å². The van der Waals surface area contributed by atoms with E-state index in [0.29, 0.717) is 6.54 Å². The average molecular weight is 280 g/mol. The Hall–Kier alpha value is -1.36. The van der Waals surface area contributed by atoms with E-state index in [1.807, 2.05) is 30.5 Å². The number of hydrogen-bond acceptors (Lipinski definition) is 3. The van der Waals surface area contributed by atoms with Gasteiger partial charge in [0.15, 0.2) is 0 Å². The number of aliphatic hydroxyl groups excluding tert-OH is 1. The van der Waals surface area contributed by atoms with E-state index < -0.39 is 0 Å². The van der Waals surface area contributed by atoms with Gasteiger partial charge in [0, 0.05) is 23.7 Å². The maximum Gasteiger partial charge on any atom is 0.0695 e. The van der Waals surface area contributed by atoms with Crippen LogP contribution >= 0.6 is 11.6 Å². The third kappa shape index (κ3) is 3.56. The molecule has 1 aromatic carbocycles. The lowest BCUT2D eigenvalue weighted by Gasteiger charge is -2.18. The predicted molar refractivity (Wildman–Crippen MR) is 77.1 cm³/mol. The Morgan fingerprint density at radius 3 is 2.68 bits per heavy atom. The third-order valence-corrected chi connectivity index (χ3v) is 3.36. The van der Waals surface area contributed by atoms with Crippen LogP contribution in [0.1, 0.15) is 12.5 Å². The highest BCUT2D eigenvalue weighted by molar-refractivity contribution is 6.30. The second-order valence-corrected chi connectivity index (χ2v) is 4.81. The van der Waals surface area contributed by atoms with Gasteiger partial charge in [0.25, 0.3) is 0 Å². The van der Waals surface area contributed by atoms with Gasteiger partial charge in [-0.05, 0) is 24.2 Å². The molecule has 5 heteroatoms. The number of likely N-dealkylation sites (N-methyl/N-ethyl adjacent to an activating group) is 1. The van der Waals surface area contributed by atoms with Gasteiger partial charge in [-0.2, -0.15) is 5.10 Å². The zero-order valence-electron chi connectivity index (χ0n) is 10.9. The number of aliphatic hydroxyl groups is 1. The lowest BCUT2D eigenvalue weighted by atomic mass is 10.1. The first-order chi connectivity index (χ1) is 9.24. The first-order valence-electron chi connectivity index (χ1n) is 6.36. The Bertz CT molecular complexity index is 510. The van der Waals surface area contributed by atoms with Gasteiger partial charge < -0.3 is 5.11 Å². The van der Waals surface area contributed by atoms with Gasteiger partial charge in [-0.15, -0.1) is 0 Å². The third-order valence-electron chi connectivity index (χ3n) is 3.11. The second-order valence-electron chi connectivity index (χ2n) is 4.37. The molecule has 0 unspecified atom stereocenters. The molecule has 0 radical (unpaired) electrons. The maximum absolute atomic E-state index is 9.03. The molecular formula is C14H18ClN3O. The maximum atomic E-state index is 9.03. The van der Waals surface area contributed by atoms with Crippen LogP contribution in [-0.2, 0) is 6.54 Å². The number of nitrogens with one attached hydrogen (secondary N) is 1. The Balaban J connectivity index is 2.19. The molecule has 19 heavy (non-hydrogen) atoms. The van der Waals surface area contributed by atoms with Crippen molar-refractivity contribution in [3.8, 4) is 11.3 Å². The molecule has 0 aliphatic rings. The Morgan fingerprint density at radius 1 is 1.32 bits per heavy atom. The normalized spacial score (nSPS) is 11.2. The van der Waals surface area contributed by atoms with E-state index in [9.17, 15) is 0 Å². The van der Waals surface area contributed by atoms with Crippen molar-refractivity contribution >= 4 is 11.6 Å². The van der Waals surface area contributed by atoms with Gasteiger partial charge in [-0.3, -0.25) is 10.00 Å². The molecule has 2 N–H and O–H groups in total. The van der Waals surface area contributed by atoms with Crippen LogP contribution in [0.3, 0.4) is 0 Å². The summed E-state index contributed by atoms with van der Waals surface area (Å²) in [5.74, 6) is 0. The van der Waals surface area contributed by atoms with E-state index >= 15 is 0 Å². The van der Waals surface area contributed by atoms with Crippen LogP contribution in [-0.4, -0.2) is 39.9 Å². The molecule has 1 heterocycles. The summed E-state index contributed by atoms with van der Waals surface area (Å²) in [5, 5.41) is 16.9. The SMILES string of the molecule is CCN(CCO)Cc1cn[nH]c1-c1ccc(Cl)cc1. The van der Waals surface area contributed by atoms with E-state index in [1.54, 1.807) is 0 Å². The first kappa shape index (κ1) is 14.1. The molecule has 0 fully saturated rings. The molecule has 102 valence electrons. The lowest BCUT2D eigenvalue weighted by Crippen LogP contribution is -2.26. The standard InChI is InChI=1S/C14H18ClN3O/c1-2-18(7-8-19)10-12-9-16-17-14(12)11-3-5-13(15)6-4-11/h3-6,9,19H,2,7-8,10H2,1H3,(H,16,17). The van der Waals surface area contributed by atoms with E-state index in [1.165, 1.54) is 0 Å². The smallest absolute Gasteiger partial charge is 0.0695 e. The monoisotopic (exact) mass is 279 g/mol. The highest BCUT2D eigenvalue weighted by Crippen LogP contribution is 2.23. The molecule has 0 saturated heterocycles. The number of benzene rings is 1. The Kier molecular flexibility index (Phi) is 4.96. The quantitative estimate of drug-likeness (QED) is 0.854. The average Bonchev–Trinajstić information content (AvgIpc) is 2.87. The first-order valence-corrected chi connectivity index (χ1v) is 6.73. The zero-order valence-corrected chi connectivity index (χ0v) is 11.7. The molecule has 0 amide bonds. The molecule has 0 aliphatic heterocycles. The van der Waals surface area contributed by atoms with Crippen molar-refractivity contribution in [1.82, 2.24) is 15.1 Å². The minimum atomic E-state index is 0.169. The van der Waals surface area contributed by atoms with Crippen molar-refractivity contribution in [3.05, 3.63) is 41.0 Å². The summed E-state index contributed by atoms with van der Waals surface area (Å²) in [6.45, 7) is 4.58. The summed E-state index contributed by atoms with van der Waals surface area (Å²) >= 11 is 5.90. The highest BCUT2D eigenvalue weighted by Gasteiger charge is 2.11. The highest BCUT2D eigenvalue weighted by atomic mass is 35.5. The van der Waals surface area contributed by atoms with Gasteiger partial charge >= 0.3 is 0 Å². The molecule has 0 bridgehead atoms. The van der Waals surface area contributed by atoms with Crippen molar-refractivity contribution in [2.45, 2.75) is 13.5 Å². The number of halogens is 1. The molecule has 0 spiro atoms. The number of aromatic nitrogens is 2. The van der Waals surface area contributed by atoms with E-state index in [-0.39, 0.29) is 6.61 Å². The number of H-pyrrole nitrogens is 1. The molecule has 0 saturated carbocycles. The number of nitrogens with zero attached hydrogens (tertiary/aromatic N) is 2. The van der Waals surface area contributed by atoms with Gasteiger partial charge in [0.1, 0.15) is 0 Å². The van der Waals surface area contributed by atoms with Crippen LogP contribution < -0.4 is 0 Å². The molecular weight excluding hydrogens is 262 g/mol. The second kappa shape index (κ2) is 6.70. The summed E-state index contributed by atoms with van der Waals surface area (Å²) in [5.41, 5.74) is 3.20. The van der Waals surface area contributed by atoms with Crippen LogP contribution in [0.2, 0.25) is 5.02 Å². The minimum Gasteiger partial charge on any atom is -0.395 e. The molecule has 0 aliphatic carbocycles. The van der Waals surface area contributed by atoms with Crippen LogP contribution in [0.25, 0.3) is 11.3 Å². The molecule has 1 aromatic heterocycles. The zero-order chi connectivity index (χ0) is 13.7. The van der Waals surface area contributed by atoms with Crippen molar-refractivity contribution < 1.29 is 5.11 Å². The Labute approximate surface area is 118 Å². The van der Waals surface area contributed by atoms with Gasteiger partial charge in [0.05, 0.1) is 18.5 Å². The fraction of sp³-hybridized carbons (Fsp3) is 0.357. The molecule has 4 nitrogen and oxygen atoms in total. The number of rotatable bonds is 6. The largest absolute Gasteiger partial charge is 0.395 e. The fourth-order valence-corrected chi connectivity index (χ4v) is 2.15. The van der Waals surface area contributed by atoms with Gasteiger partial charge in [0.2, 0.25) is 0 Å². The summed E-state index contributed by atoms with van der Waals surface area (Å²) < 4.78 is 0. The van der Waals surface area contributed by atoms with Crippen molar-refractivity contribution in [3.63, 3.8) is 0 Å². The molecule has 2 aromatic rings.